The van der Waals surface area contributed by atoms with Crippen molar-refractivity contribution in [3.05, 3.63) is 114 Å². The van der Waals surface area contributed by atoms with E-state index in [0.29, 0.717) is 0 Å². The highest BCUT2D eigenvalue weighted by Crippen LogP contribution is 2.26. The van der Waals surface area contributed by atoms with Gasteiger partial charge in [-0.3, -0.25) is 9.59 Å². The molecule has 0 fully saturated rings. The Morgan fingerprint density at radius 2 is 0.980 bits per heavy atom. The highest BCUT2D eigenvalue weighted by atomic mass is 16.5. The van der Waals surface area contributed by atoms with Gasteiger partial charge in [0.05, 0.1) is 25.3 Å². The third-order valence-electron chi connectivity index (χ3n) is 9.11. The van der Waals surface area contributed by atoms with Gasteiger partial charge in [-0.15, -0.1) is 0 Å². The largest absolute Gasteiger partial charge is 0.494 e. The zero-order valence-electron chi connectivity index (χ0n) is 30.0. The molecule has 262 valence electrons. The predicted octanol–water partition coefficient (Wildman–Crippen LogP) is 10.3. The van der Waals surface area contributed by atoms with E-state index in [9.17, 15) is 9.59 Å². The van der Waals surface area contributed by atoms with Crippen LogP contribution in [0.4, 0.5) is 0 Å². The first-order chi connectivity index (χ1) is 24.3. The average Bonchev–Trinajstić information content (AvgIpc) is 3.14. The first kappa shape index (κ1) is 36.4. The molecule has 7 nitrogen and oxygen atoms in total. The van der Waals surface area contributed by atoms with Crippen molar-refractivity contribution in [3.63, 3.8) is 0 Å². The molecule has 2 N–H and O–H groups in total. The molecule has 5 rings (SSSR count). The summed E-state index contributed by atoms with van der Waals surface area (Å²) in [6, 6.07) is 29.0. The molecule has 0 radical (unpaired) electrons. The Balaban J connectivity index is 1.16. The summed E-state index contributed by atoms with van der Waals surface area (Å²) in [7, 11) is 0. The standard InChI is InChI=1S/C43H51N3O4/c1-5-7-9-11-24-49-38-22-20-34-26-32(16-18-36(34)28-38)30(3)44-42(47)40-14-13-15-41(46-40)43(48)45-31(4)33-17-19-37-29-39(23-21-35(37)27-33)50-25-12-10-8-6-2/h13-23,26-31H,5-12,24-25H2,1-4H3,(H,44,47)(H,45,48)/t30-,31-/m1/s1. The third kappa shape index (κ3) is 10.1. The van der Waals surface area contributed by atoms with Crippen LogP contribution in [0.1, 0.15) is 123 Å². The maximum Gasteiger partial charge on any atom is 0.270 e. The van der Waals surface area contributed by atoms with Crippen LogP contribution in [0, 0.1) is 0 Å². The first-order valence-corrected chi connectivity index (χ1v) is 18.3. The van der Waals surface area contributed by atoms with Gasteiger partial charge in [0.15, 0.2) is 0 Å². The molecule has 7 heteroatoms. The van der Waals surface area contributed by atoms with Crippen molar-refractivity contribution in [2.24, 2.45) is 0 Å². The molecule has 5 aromatic rings. The Bertz CT molecular complexity index is 1760. The molecule has 0 aliphatic carbocycles. The van der Waals surface area contributed by atoms with Crippen LogP contribution in [0.2, 0.25) is 0 Å². The summed E-state index contributed by atoms with van der Waals surface area (Å²) in [5, 5.41) is 10.4. The van der Waals surface area contributed by atoms with E-state index in [1.807, 2.05) is 38.1 Å². The lowest BCUT2D eigenvalue weighted by Crippen LogP contribution is -2.30. The van der Waals surface area contributed by atoms with Gasteiger partial charge in [-0.2, -0.15) is 0 Å². The first-order valence-electron chi connectivity index (χ1n) is 18.3. The number of pyridine rings is 1. The van der Waals surface area contributed by atoms with E-state index in [2.05, 4.69) is 78.0 Å². The molecule has 2 amide bonds. The van der Waals surface area contributed by atoms with Crippen molar-refractivity contribution >= 4 is 33.4 Å². The second-order valence-electron chi connectivity index (χ2n) is 13.2. The number of rotatable bonds is 18. The number of nitrogens with one attached hydrogen (secondary N) is 2. The smallest absolute Gasteiger partial charge is 0.270 e. The fraction of sp³-hybridized carbons (Fsp3) is 0.372. The van der Waals surface area contributed by atoms with E-state index in [1.54, 1.807) is 18.2 Å². The van der Waals surface area contributed by atoms with Gasteiger partial charge >= 0.3 is 0 Å². The summed E-state index contributed by atoms with van der Waals surface area (Å²) < 4.78 is 11.9. The molecule has 4 aromatic carbocycles. The van der Waals surface area contributed by atoms with Crippen LogP contribution in [0.15, 0.2) is 91.0 Å². The van der Waals surface area contributed by atoms with E-state index < -0.39 is 0 Å². The lowest BCUT2D eigenvalue weighted by atomic mass is 10.0. The highest BCUT2D eigenvalue weighted by Gasteiger charge is 2.18. The van der Waals surface area contributed by atoms with Crippen LogP contribution >= 0.6 is 0 Å². The molecular formula is C43H51N3O4. The van der Waals surface area contributed by atoms with E-state index in [0.717, 1.165) is 70.2 Å². The van der Waals surface area contributed by atoms with E-state index >= 15 is 0 Å². The highest BCUT2D eigenvalue weighted by molar-refractivity contribution is 5.96. The topological polar surface area (TPSA) is 89.5 Å². The zero-order valence-corrected chi connectivity index (χ0v) is 30.0. The summed E-state index contributed by atoms with van der Waals surface area (Å²) in [6.07, 6.45) is 9.39. The molecule has 0 unspecified atom stereocenters. The Morgan fingerprint density at radius 1 is 0.560 bits per heavy atom. The number of hydrogen-bond acceptors (Lipinski definition) is 5. The number of ether oxygens (including phenoxy) is 2. The van der Waals surface area contributed by atoms with Gasteiger partial charge < -0.3 is 20.1 Å². The number of nitrogens with zero attached hydrogens (tertiary/aromatic N) is 1. The second kappa shape index (κ2) is 18.2. The Hall–Kier alpha value is -4.91. The summed E-state index contributed by atoms with van der Waals surface area (Å²) in [4.78, 5) is 30.9. The summed E-state index contributed by atoms with van der Waals surface area (Å²) in [5.41, 5.74) is 2.33. The Kier molecular flexibility index (Phi) is 13.2. The van der Waals surface area contributed by atoms with Gasteiger partial charge in [0.2, 0.25) is 0 Å². The van der Waals surface area contributed by atoms with Gasteiger partial charge in [0.1, 0.15) is 22.9 Å². The molecule has 0 saturated carbocycles. The number of amides is 2. The number of unbranched alkanes of at least 4 members (excludes halogenated alkanes) is 6. The van der Waals surface area contributed by atoms with Crippen LogP contribution in [0.5, 0.6) is 11.5 Å². The summed E-state index contributed by atoms with van der Waals surface area (Å²) in [6.45, 7) is 9.74. The molecular weight excluding hydrogens is 622 g/mol. The van der Waals surface area contributed by atoms with Gasteiger partial charge in [-0.1, -0.05) is 94.8 Å². The maximum atomic E-state index is 13.2. The van der Waals surface area contributed by atoms with Gasteiger partial charge in [0.25, 0.3) is 11.8 Å². The van der Waals surface area contributed by atoms with Gasteiger partial charge in [-0.25, -0.2) is 4.98 Å². The molecule has 50 heavy (non-hydrogen) atoms. The molecule has 0 aliphatic rings. The number of benzene rings is 4. The number of fused-ring (bicyclic) bond motifs is 2. The minimum absolute atomic E-state index is 0.188. The zero-order chi connectivity index (χ0) is 35.3. The molecule has 0 spiro atoms. The van der Waals surface area contributed by atoms with Crippen molar-refractivity contribution < 1.29 is 19.1 Å². The van der Waals surface area contributed by atoms with E-state index in [1.165, 1.54) is 38.5 Å². The summed E-state index contributed by atoms with van der Waals surface area (Å²) >= 11 is 0. The fourth-order valence-electron chi connectivity index (χ4n) is 6.04. The Labute approximate surface area is 296 Å². The minimum atomic E-state index is -0.342. The molecule has 1 heterocycles. The average molecular weight is 674 g/mol. The summed E-state index contributed by atoms with van der Waals surface area (Å²) in [5.74, 6) is 1.06. The van der Waals surface area contributed by atoms with Crippen LogP contribution in [0.25, 0.3) is 21.5 Å². The Morgan fingerprint density at radius 3 is 1.42 bits per heavy atom. The van der Waals surface area contributed by atoms with E-state index in [4.69, 9.17) is 9.47 Å². The number of hydrogen-bond donors (Lipinski definition) is 2. The molecule has 0 bridgehead atoms. The van der Waals surface area contributed by atoms with Crippen molar-refractivity contribution in [2.75, 3.05) is 13.2 Å². The molecule has 2 atom stereocenters. The number of carbonyl (C=O) groups is 2. The second-order valence-corrected chi connectivity index (χ2v) is 13.2. The van der Waals surface area contributed by atoms with Crippen LogP contribution in [-0.4, -0.2) is 30.0 Å². The van der Waals surface area contributed by atoms with Gasteiger partial charge in [-0.05, 0) is 108 Å². The fourth-order valence-corrected chi connectivity index (χ4v) is 6.04. The van der Waals surface area contributed by atoms with Crippen LogP contribution in [-0.2, 0) is 0 Å². The maximum absolute atomic E-state index is 13.2. The number of carbonyl (C=O) groups excluding carboxylic acids is 2. The quantitative estimate of drug-likeness (QED) is 0.0904. The van der Waals surface area contributed by atoms with Crippen molar-refractivity contribution in [1.82, 2.24) is 15.6 Å². The normalized spacial score (nSPS) is 12.4. The lowest BCUT2D eigenvalue weighted by molar-refractivity contribution is 0.0930. The SMILES string of the molecule is CCCCCCOc1ccc2cc([C@@H](C)NC(=O)c3cccc(C(=O)N[C@H](C)c4ccc5cc(OCCCCCC)ccc5c4)n3)ccc2c1. The third-order valence-corrected chi connectivity index (χ3v) is 9.11. The van der Waals surface area contributed by atoms with Crippen molar-refractivity contribution in [3.8, 4) is 11.5 Å². The monoisotopic (exact) mass is 673 g/mol. The lowest BCUT2D eigenvalue weighted by Gasteiger charge is -2.17. The number of aromatic nitrogens is 1. The minimum Gasteiger partial charge on any atom is -0.494 e. The van der Waals surface area contributed by atoms with E-state index in [-0.39, 0.29) is 35.3 Å². The molecule has 0 aliphatic heterocycles. The molecule has 0 saturated heterocycles. The molecule has 1 aromatic heterocycles. The van der Waals surface area contributed by atoms with Crippen molar-refractivity contribution in [2.45, 2.75) is 91.1 Å². The van der Waals surface area contributed by atoms with Crippen LogP contribution in [0.3, 0.4) is 0 Å². The van der Waals surface area contributed by atoms with Gasteiger partial charge in [0, 0.05) is 0 Å². The van der Waals surface area contributed by atoms with Crippen LogP contribution < -0.4 is 20.1 Å². The predicted molar refractivity (Wildman–Crippen MR) is 203 cm³/mol. The van der Waals surface area contributed by atoms with Crippen molar-refractivity contribution in [1.29, 1.82) is 0 Å².